The molecule has 32 heavy (non-hydrogen) atoms. The van der Waals surface area contributed by atoms with E-state index in [1.165, 1.54) is 0 Å². The Kier molecular flexibility index (Phi) is 6.10. The minimum absolute atomic E-state index is 0.111. The third-order valence-corrected chi connectivity index (χ3v) is 5.83. The maximum atomic E-state index is 13.5. The fourth-order valence-corrected chi connectivity index (χ4v) is 4.07. The van der Waals surface area contributed by atoms with Crippen molar-refractivity contribution in [3.63, 3.8) is 0 Å². The van der Waals surface area contributed by atoms with Gasteiger partial charge in [0.15, 0.2) is 0 Å². The van der Waals surface area contributed by atoms with Crippen LogP contribution in [-0.4, -0.2) is 33.7 Å². The summed E-state index contributed by atoms with van der Waals surface area (Å²) in [6.45, 7) is 4.87. The number of carbonyl (C=O) groups excluding carboxylic acids is 1. The number of imidazole rings is 1. The minimum Gasteiger partial charge on any atom is -0.383 e. The van der Waals surface area contributed by atoms with E-state index in [0.29, 0.717) is 29.5 Å². The number of carbonyl (C=O) groups is 1. The number of pyridine rings is 1. The predicted molar refractivity (Wildman–Crippen MR) is 126 cm³/mol. The lowest BCUT2D eigenvalue weighted by Gasteiger charge is -2.23. The Morgan fingerprint density at radius 1 is 1.09 bits per heavy atom. The molecular formula is C25H28N4O3. The quantitative estimate of drug-likeness (QED) is 0.483. The van der Waals surface area contributed by atoms with Crippen LogP contribution >= 0.6 is 0 Å². The molecule has 0 unspecified atom stereocenters. The number of para-hydroxylation sites is 2. The molecule has 4 rings (SSSR count). The topological polar surface area (TPSA) is 78.2 Å². The Bertz CT molecular complexity index is 1340. The van der Waals surface area contributed by atoms with E-state index in [1.54, 1.807) is 23.9 Å². The summed E-state index contributed by atoms with van der Waals surface area (Å²) in [6, 6.07) is 14.8. The summed E-state index contributed by atoms with van der Waals surface area (Å²) < 4.78 is 8.71. The van der Waals surface area contributed by atoms with E-state index >= 15 is 0 Å². The van der Waals surface area contributed by atoms with Gasteiger partial charge in [0, 0.05) is 37.7 Å². The molecule has 7 nitrogen and oxygen atoms in total. The molecule has 0 saturated carbocycles. The normalized spacial score (nSPS) is 12.5. The third kappa shape index (κ3) is 3.91. The first-order chi connectivity index (χ1) is 15.4. The van der Waals surface area contributed by atoms with Crippen molar-refractivity contribution in [2.24, 2.45) is 13.0 Å². The summed E-state index contributed by atoms with van der Waals surface area (Å²) in [7, 11) is 3.55. The van der Waals surface area contributed by atoms with Crippen LogP contribution in [0.3, 0.4) is 0 Å². The third-order valence-electron chi connectivity index (χ3n) is 5.83. The van der Waals surface area contributed by atoms with Crippen LogP contribution in [0.4, 0.5) is 0 Å². The van der Waals surface area contributed by atoms with Crippen molar-refractivity contribution in [1.82, 2.24) is 19.4 Å². The molecule has 1 amide bonds. The monoisotopic (exact) mass is 432 g/mol. The SMILES string of the molecule is COCCn1cc(C(=O)N[C@H](c2nc3ccccc3n2C)C(C)C)c2ccccc2c1=O. The van der Waals surface area contributed by atoms with E-state index in [4.69, 9.17) is 9.72 Å². The first-order valence-electron chi connectivity index (χ1n) is 10.8. The minimum atomic E-state index is -0.294. The molecule has 2 aromatic heterocycles. The molecule has 166 valence electrons. The van der Waals surface area contributed by atoms with Gasteiger partial charge in [-0.2, -0.15) is 0 Å². The van der Waals surface area contributed by atoms with Crippen LogP contribution in [0, 0.1) is 5.92 Å². The van der Waals surface area contributed by atoms with Gasteiger partial charge in [0.05, 0.1) is 29.2 Å². The van der Waals surface area contributed by atoms with Crippen molar-refractivity contribution in [3.05, 3.63) is 76.5 Å². The van der Waals surface area contributed by atoms with Gasteiger partial charge in [-0.3, -0.25) is 9.59 Å². The van der Waals surface area contributed by atoms with Crippen LogP contribution in [0.15, 0.2) is 59.5 Å². The second-order valence-electron chi connectivity index (χ2n) is 8.29. The zero-order chi connectivity index (χ0) is 22.8. The Morgan fingerprint density at radius 3 is 2.47 bits per heavy atom. The number of hydrogen-bond donors (Lipinski definition) is 1. The maximum absolute atomic E-state index is 13.5. The van der Waals surface area contributed by atoms with Gasteiger partial charge in [-0.25, -0.2) is 4.98 Å². The molecule has 1 atom stereocenters. The van der Waals surface area contributed by atoms with E-state index in [0.717, 1.165) is 16.9 Å². The van der Waals surface area contributed by atoms with Crippen molar-refractivity contribution >= 4 is 27.7 Å². The first kappa shape index (κ1) is 21.8. The van der Waals surface area contributed by atoms with Gasteiger partial charge >= 0.3 is 0 Å². The van der Waals surface area contributed by atoms with Crippen molar-refractivity contribution in [2.75, 3.05) is 13.7 Å². The van der Waals surface area contributed by atoms with Crippen LogP contribution in [0.5, 0.6) is 0 Å². The molecule has 4 aromatic rings. The number of hydrogen-bond acceptors (Lipinski definition) is 4. The Balaban J connectivity index is 1.76. The molecular weight excluding hydrogens is 404 g/mol. The average molecular weight is 433 g/mol. The lowest BCUT2D eigenvalue weighted by atomic mass is 10.0. The van der Waals surface area contributed by atoms with Crippen molar-refractivity contribution < 1.29 is 9.53 Å². The predicted octanol–water partition coefficient (Wildman–Crippen LogP) is 3.66. The van der Waals surface area contributed by atoms with Crippen molar-refractivity contribution in [1.29, 1.82) is 0 Å². The standard InChI is InChI=1S/C25H28N4O3/c1-16(2)22(23-26-20-11-7-8-12-21(20)28(23)3)27-24(30)19-15-29(13-14-32-4)25(31)18-10-6-5-9-17(18)19/h5-12,15-16,22H,13-14H2,1-4H3,(H,27,30)/t22-/m0/s1. The molecule has 0 spiro atoms. The van der Waals surface area contributed by atoms with Crippen molar-refractivity contribution in [3.8, 4) is 0 Å². The smallest absolute Gasteiger partial charge is 0.258 e. The number of ether oxygens (including phenoxy) is 1. The van der Waals surface area contributed by atoms with Gasteiger partial charge in [-0.15, -0.1) is 0 Å². The van der Waals surface area contributed by atoms with Gasteiger partial charge in [0.25, 0.3) is 11.5 Å². The molecule has 0 aliphatic carbocycles. The summed E-state index contributed by atoms with van der Waals surface area (Å²) in [5.41, 5.74) is 2.23. The number of benzene rings is 2. The number of fused-ring (bicyclic) bond motifs is 2. The van der Waals surface area contributed by atoms with Gasteiger partial charge in [0.1, 0.15) is 5.82 Å². The van der Waals surface area contributed by atoms with Crippen LogP contribution in [0.2, 0.25) is 0 Å². The summed E-state index contributed by atoms with van der Waals surface area (Å²) in [6.07, 6.45) is 1.63. The summed E-state index contributed by atoms with van der Waals surface area (Å²) >= 11 is 0. The van der Waals surface area contributed by atoms with E-state index in [1.807, 2.05) is 54.1 Å². The zero-order valence-electron chi connectivity index (χ0n) is 18.8. The van der Waals surface area contributed by atoms with Gasteiger partial charge in [-0.05, 0) is 24.1 Å². The lowest BCUT2D eigenvalue weighted by molar-refractivity contribution is 0.0923. The van der Waals surface area contributed by atoms with Gasteiger partial charge in [-0.1, -0.05) is 44.2 Å². The molecule has 2 heterocycles. The van der Waals surface area contributed by atoms with E-state index < -0.39 is 0 Å². The number of aryl methyl sites for hydroxylation is 1. The molecule has 1 N–H and O–H groups in total. The maximum Gasteiger partial charge on any atom is 0.258 e. The molecule has 0 fully saturated rings. The highest BCUT2D eigenvalue weighted by atomic mass is 16.5. The van der Waals surface area contributed by atoms with Crippen LogP contribution < -0.4 is 10.9 Å². The lowest BCUT2D eigenvalue weighted by Crippen LogP contribution is -2.34. The molecule has 0 bridgehead atoms. The molecule has 0 aliphatic heterocycles. The van der Waals surface area contributed by atoms with Crippen molar-refractivity contribution in [2.45, 2.75) is 26.4 Å². The first-order valence-corrected chi connectivity index (χ1v) is 10.8. The Morgan fingerprint density at radius 2 is 1.78 bits per heavy atom. The molecule has 2 aromatic carbocycles. The second kappa shape index (κ2) is 8.96. The molecule has 0 aliphatic rings. The highest BCUT2D eigenvalue weighted by Gasteiger charge is 2.25. The van der Waals surface area contributed by atoms with Crippen LogP contribution in [0.25, 0.3) is 21.8 Å². The second-order valence-corrected chi connectivity index (χ2v) is 8.29. The fourth-order valence-electron chi connectivity index (χ4n) is 4.07. The number of rotatable bonds is 7. The van der Waals surface area contributed by atoms with Crippen LogP contribution in [-0.2, 0) is 18.3 Å². The average Bonchev–Trinajstić information content (AvgIpc) is 3.13. The number of nitrogens with zero attached hydrogens (tertiary/aromatic N) is 3. The fraction of sp³-hybridized carbons (Fsp3) is 0.320. The Labute approximate surface area is 186 Å². The highest BCUT2D eigenvalue weighted by molar-refractivity contribution is 6.06. The number of nitrogens with one attached hydrogen (secondary N) is 1. The summed E-state index contributed by atoms with van der Waals surface area (Å²) in [5.74, 6) is 0.671. The van der Waals surface area contributed by atoms with Gasteiger partial charge in [0.2, 0.25) is 0 Å². The van der Waals surface area contributed by atoms with E-state index in [-0.39, 0.29) is 23.4 Å². The number of aromatic nitrogens is 3. The molecule has 7 heteroatoms. The summed E-state index contributed by atoms with van der Waals surface area (Å²) in [4.78, 5) is 31.2. The zero-order valence-corrected chi connectivity index (χ0v) is 18.8. The van der Waals surface area contributed by atoms with Crippen LogP contribution in [0.1, 0.15) is 36.1 Å². The van der Waals surface area contributed by atoms with Gasteiger partial charge < -0.3 is 19.2 Å². The Hall–Kier alpha value is -3.45. The largest absolute Gasteiger partial charge is 0.383 e. The number of methoxy groups -OCH3 is 1. The number of amides is 1. The molecule has 0 saturated heterocycles. The highest BCUT2D eigenvalue weighted by Crippen LogP contribution is 2.26. The summed E-state index contributed by atoms with van der Waals surface area (Å²) in [5, 5.41) is 4.33. The molecule has 0 radical (unpaired) electrons. The van der Waals surface area contributed by atoms with E-state index in [9.17, 15) is 9.59 Å². The van der Waals surface area contributed by atoms with E-state index in [2.05, 4.69) is 19.2 Å².